The summed E-state index contributed by atoms with van der Waals surface area (Å²) in [5.74, 6) is 0.544. The van der Waals surface area contributed by atoms with Crippen LogP contribution in [0.2, 0.25) is 0 Å². The Morgan fingerprint density at radius 2 is 1.65 bits per heavy atom. The zero-order chi connectivity index (χ0) is 18.1. The molecule has 1 aromatic heterocycles. The molecule has 1 N–H and O–H groups in total. The van der Waals surface area contributed by atoms with Gasteiger partial charge in [-0.25, -0.2) is 0 Å². The Labute approximate surface area is 151 Å². The zero-order valence-corrected chi connectivity index (χ0v) is 14.6. The smallest absolute Gasteiger partial charge is 0.255 e. The summed E-state index contributed by atoms with van der Waals surface area (Å²) in [6.45, 7) is 4.02. The van der Waals surface area contributed by atoms with Crippen LogP contribution in [0.4, 0.5) is 5.69 Å². The molecule has 1 heterocycles. The van der Waals surface area contributed by atoms with Crippen LogP contribution in [0.5, 0.6) is 0 Å². The molecule has 0 saturated carbocycles. The van der Waals surface area contributed by atoms with E-state index in [4.69, 9.17) is 4.52 Å². The van der Waals surface area contributed by atoms with Crippen molar-refractivity contribution >= 4 is 22.5 Å². The number of rotatable bonds is 3. The Bertz CT molecular complexity index is 1080. The highest BCUT2D eigenvalue weighted by Gasteiger charge is 2.14. The van der Waals surface area contributed by atoms with Crippen LogP contribution >= 0.6 is 0 Å². The SMILES string of the molecule is Cc1cc(C)cc(NC(=O)c2ccc3c(-c4ccccc4)onc3c2)c1. The summed E-state index contributed by atoms with van der Waals surface area (Å²) in [4.78, 5) is 12.6. The highest BCUT2D eigenvalue weighted by molar-refractivity contribution is 6.07. The number of hydrogen-bond acceptors (Lipinski definition) is 3. The summed E-state index contributed by atoms with van der Waals surface area (Å²) in [6, 6.07) is 21.2. The van der Waals surface area contributed by atoms with Crippen LogP contribution in [0.1, 0.15) is 21.5 Å². The second-order valence-corrected chi connectivity index (χ2v) is 6.44. The van der Waals surface area contributed by atoms with Gasteiger partial charge in [-0.15, -0.1) is 0 Å². The predicted octanol–water partition coefficient (Wildman–Crippen LogP) is 5.36. The van der Waals surface area contributed by atoms with E-state index in [1.165, 1.54) is 0 Å². The molecule has 0 aliphatic heterocycles. The summed E-state index contributed by atoms with van der Waals surface area (Å²) in [5.41, 5.74) is 5.18. The molecule has 0 aliphatic rings. The number of hydrogen-bond donors (Lipinski definition) is 1. The highest BCUT2D eigenvalue weighted by atomic mass is 16.5. The van der Waals surface area contributed by atoms with Gasteiger partial charge in [-0.3, -0.25) is 4.79 Å². The molecule has 0 unspecified atom stereocenters. The Morgan fingerprint density at radius 3 is 2.38 bits per heavy atom. The zero-order valence-electron chi connectivity index (χ0n) is 14.6. The van der Waals surface area contributed by atoms with Crippen LogP contribution in [-0.4, -0.2) is 11.1 Å². The maximum atomic E-state index is 12.6. The third-order valence-electron chi connectivity index (χ3n) is 4.26. The van der Waals surface area contributed by atoms with Crippen LogP contribution in [-0.2, 0) is 0 Å². The van der Waals surface area contributed by atoms with Gasteiger partial charge < -0.3 is 9.84 Å². The van der Waals surface area contributed by atoms with Crippen LogP contribution < -0.4 is 5.32 Å². The lowest BCUT2D eigenvalue weighted by molar-refractivity contribution is 0.102. The van der Waals surface area contributed by atoms with Crippen LogP contribution in [0.25, 0.3) is 22.2 Å². The van der Waals surface area contributed by atoms with Crippen molar-refractivity contribution in [2.24, 2.45) is 0 Å². The van der Waals surface area contributed by atoms with Crippen molar-refractivity contribution < 1.29 is 9.32 Å². The Kier molecular flexibility index (Phi) is 4.01. The number of carbonyl (C=O) groups excluding carboxylic acids is 1. The molecule has 0 saturated heterocycles. The van der Waals surface area contributed by atoms with Crippen molar-refractivity contribution in [1.29, 1.82) is 0 Å². The molecule has 0 atom stereocenters. The largest absolute Gasteiger partial charge is 0.355 e. The number of aryl methyl sites for hydroxylation is 2. The maximum Gasteiger partial charge on any atom is 0.255 e. The normalized spacial score (nSPS) is 10.8. The Balaban J connectivity index is 1.64. The maximum absolute atomic E-state index is 12.6. The van der Waals surface area contributed by atoms with E-state index in [-0.39, 0.29) is 5.91 Å². The number of nitrogens with zero attached hydrogens (tertiary/aromatic N) is 1. The first kappa shape index (κ1) is 16.1. The monoisotopic (exact) mass is 342 g/mol. The molecule has 0 aliphatic carbocycles. The molecular formula is C22H18N2O2. The summed E-state index contributed by atoms with van der Waals surface area (Å²) in [6.07, 6.45) is 0. The molecule has 4 rings (SSSR count). The van der Waals surface area contributed by atoms with E-state index >= 15 is 0 Å². The van der Waals surface area contributed by atoms with Crippen molar-refractivity contribution in [3.8, 4) is 11.3 Å². The first-order valence-electron chi connectivity index (χ1n) is 8.45. The van der Waals surface area contributed by atoms with Crippen molar-refractivity contribution in [3.05, 3.63) is 83.4 Å². The summed E-state index contributed by atoms with van der Waals surface area (Å²) < 4.78 is 5.50. The van der Waals surface area contributed by atoms with E-state index in [0.29, 0.717) is 16.8 Å². The molecule has 0 spiro atoms. The van der Waals surface area contributed by atoms with Crippen molar-refractivity contribution in [3.63, 3.8) is 0 Å². The van der Waals surface area contributed by atoms with E-state index in [1.807, 2.05) is 62.4 Å². The van der Waals surface area contributed by atoms with Crippen LogP contribution in [0, 0.1) is 13.8 Å². The van der Waals surface area contributed by atoms with Crippen LogP contribution in [0.15, 0.2) is 71.3 Å². The summed E-state index contributed by atoms with van der Waals surface area (Å²) >= 11 is 0. The first-order chi connectivity index (χ1) is 12.6. The van der Waals surface area contributed by atoms with E-state index in [0.717, 1.165) is 27.8 Å². The third kappa shape index (κ3) is 3.09. The van der Waals surface area contributed by atoms with Gasteiger partial charge in [-0.2, -0.15) is 0 Å². The van der Waals surface area contributed by atoms with Gasteiger partial charge in [0.25, 0.3) is 5.91 Å². The molecule has 0 bridgehead atoms. The van der Waals surface area contributed by atoms with E-state index in [9.17, 15) is 4.79 Å². The second-order valence-electron chi connectivity index (χ2n) is 6.44. The van der Waals surface area contributed by atoms with Gasteiger partial charge in [-0.1, -0.05) is 41.6 Å². The Hall–Kier alpha value is -3.40. The van der Waals surface area contributed by atoms with Crippen molar-refractivity contribution in [2.75, 3.05) is 5.32 Å². The molecule has 3 aromatic carbocycles. The number of aromatic nitrogens is 1. The van der Waals surface area contributed by atoms with Gasteiger partial charge >= 0.3 is 0 Å². The predicted molar refractivity (Wildman–Crippen MR) is 103 cm³/mol. The number of amides is 1. The van der Waals surface area contributed by atoms with Gasteiger partial charge in [0.15, 0.2) is 5.76 Å². The molecular weight excluding hydrogens is 324 g/mol. The number of anilines is 1. The van der Waals surface area contributed by atoms with E-state index in [2.05, 4.69) is 16.5 Å². The minimum Gasteiger partial charge on any atom is -0.355 e. The van der Waals surface area contributed by atoms with Gasteiger partial charge in [-0.05, 0) is 55.3 Å². The number of carbonyl (C=O) groups is 1. The van der Waals surface area contributed by atoms with Crippen molar-refractivity contribution in [1.82, 2.24) is 5.16 Å². The van der Waals surface area contributed by atoms with Gasteiger partial charge in [0, 0.05) is 22.2 Å². The van der Waals surface area contributed by atoms with E-state index in [1.54, 1.807) is 12.1 Å². The molecule has 0 radical (unpaired) electrons. The number of nitrogens with one attached hydrogen (secondary N) is 1. The molecule has 4 aromatic rings. The quantitative estimate of drug-likeness (QED) is 0.545. The third-order valence-corrected chi connectivity index (χ3v) is 4.26. The topological polar surface area (TPSA) is 55.1 Å². The average Bonchev–Trinajstić information content (AvgIpc) is 3.04. The van der Waals surface area contributed by atoms with Crippen molar-refractivity contribution in [2.45, 2.75) is 13.8 Å². The second kappa shape index (κ2) is 6.48. The van der Waals surface area contributed by atoms with Crippen LogP contribution in [0.3, 0.4) is 0 Å². The van der Waals surface area contributed by atoms with Gasteiger partial charge in [0.2, 0.25) is 0 Å². The molecule has 4 heteroatoms. The fourth-order valence-electron chi connectivity index (χ4n) is 3.13. The summed E-state index contributed by atoms with van der Waals surface area (Å²) in [7, 11) is 0. The lowest BCUT2D eigenvalue weighted by Crippen LogP contribution is -2.12. The lowest BCUT2D eigenvalue weighted by Gasteiger charge is -2.07. The first-order valence-corrected chi connectivity index (χ1v) is 8.45. The summed E-state index contributed by atoms with van der Waals surface area (Å²) in [5, 5.41) is 7.95. The minimum absolute atomic E-state index is 0.166. The van der Waals surface area contributed by atoms with Gasteiger partial charge in [0.1, 0.15) is 5.52 Å². The fourth-order valence-corrected chi connectivity index (χ4v) is 3.13. The lowest BCUT2D eigenvalue weighted by atomic mass is 10.1. The molecule has 1 amide bonds. The van der Waals surface area contributed by atoms with Gasteiger partial charge in [0.05, 0.1) is 0 Å². The fraction of sp³-hybridized carbons (Fsp3) is 0.0909. The number of fused-ring (bicyclic) bond motifs is 1. The molecule has 0 fully saturated rings. The standard InChI is InChI=1S/C22H18N2O2/c1-14-10-15(2)12-18(11-14)23-22(25)17-8-9-19-20(13-17)24-26-21(19)16-6-4-3-5-7-16/h3-13H,1-2H3,(H,23,25). The molecule has 128 valence electrons. The number of benzene rings is 3. The minimum atomic E-state index is -0.166. The van der Waals surface area contributed by atoms with E-state index < -0.39 is 0 Å². The molecule has 4 nitrogen and oxygen atoms in total. The highest BCUT2D eigenvalue weighted by Crippen LogP contribution is 2.29. The molecule has 26 heavy (non-hydrogen) atoms. The Morgan fingerprint density at radius 1 is 0.923 bits per heavy atom. The average molecular weight is 342 g/mol.